The van der Waals surface area contributed by atoms with Gasteiger partial charge in [-0.25, -0.2) is 4.79 Å². The zero-order valence-electron chi connectivity index (χ0n) is 11.4. The lowest BCUT2D eigenvalue weighted by atomic mass is 9.88. The Morgan fingerprint density at radius 3 is 2.15 bits per heavy atom. The number of carbonyl (C=O) groups is 1. The molecule has 4 heteroatoms. The summed E-state index contributed by atoms with van der Waals surface area (Å²) >= 11 is 5.92. The average molecular weight is 290 g/mol. The van der Waals surface area contributed by atoms with Gasteiger partial charge in [0.2, 0.25) is 0 Å². The highest BCUT2D eigenvalue weighted by atomic mass is 35.5. The molecule has 2 rings (SSSR count). The fourth-order valence-corrected chi connectivity index (χ4v) is 2.17. The van der Waals surface area contributed by atoms with E-state index in [1.54, 1.807) is 12.1 Å². The average Bonchev–Trinajstić information content (AvgIpc) is 2.48. The van der Waals surface area contributed by atoms with Crippen molar-refractivity contribution >= 4 is 17.7 Å². The van der Waals surface area contributed by atoms with Crippen molar-refractivity contribution in [2.24, 2.45) is 0 Å². The molecule has 2 aromatic carbocycles. The third-order valence-corrected chi connectivity index (χ3v) is 3.47. The molecule has 1 atom stereocenters. The van der Waals surface area contributed by atoms with Crippen molar-refractivity contribution in [1.82, 2.24) is 5.32 Å². The van der Waals surface area contributed by atoms with Crippen LogP contribution in [0.5, 0.6) is 0 Å². The second-order valence-corrected chi connectivity index (χ2v) is 4.98. The maximum Gasteiger partial charge on any atom is 0.408 e. The summed E-state index contributed by atoms with van der Waals surface area (Å²) in [5, 5.41) is 3.13. The molecule has 2 aromatic rings. The number of nitrogens with one attached hydrogen (secondary N) is 1. The van der Waals surface area contributed by atoms with Gasteiger partial charge in [0.05, 0.1) is 0 Å². The van der Waals surface area contributed by atoms with E-state index < -0.39 is 11.7 Å². The standard InChI is InChI=1S/C16H16ClNO2/c1-16(20-15(19)18-2,12-6-4-3-5-7-12)13-8-10-14(17)11-9-13/h3-11H,1-2H3,(H,18,19). The normalized spacial score (nSPS) is 13.3. The highest BCUT2D eigenvalue weighted by molar-refractivity contribution is 6.30. The van der Waals surface area contributed by atoms with Crippen molar-refractivity contribution in [3.05, 3.63) is 70.7 Å². The number of hydrogen-bond acceptors (Lipinski definition) is 2. The first-order valence-corrected chi connectivity index (χ1v) is 6.66. The molecule has 0 spiro atoms. The van der Waals surface area contributed by atoms with Crippen LogP contribution in [0.4, 0.5) is 4.79 Å². The molecule has 0 bridgehead atoms. The van der Waals surface area contributed by atoms with E-state index in [0.29, 0.717) is 5.02 Å². The van der Waals surface area contributed by atoms with Crippen LogP contribution in [0.25, 0.3) is 0 Å². The zero-order valence-corrected chi connectivity index (χ0v) is 12.1. The minimum Gasteiger partial charge on any atom is -0.433 e. The molecule has 0 fully saturated rings. The Morgan fingerprint density at radius 2 is 1.60 bits per heavy atom. The van der Waals surface area contributed by atoms with Gasteiger partial charge in [0.15, 0.2) is 5.60 Å². The number of halogens is 1. The summed E-state index contributed by atoms with van der Waals surface area (Å²) in [7, 11) is 1.54. The third-order valence-electron chi connectivity index (χ3n) is 3.22. The number of hydrogen-bond donors (Lipinski definition) is 1. The molecule has 1 N–H and O–H groups in total. The predicted molar refractivity (Wildman–Crippen MR) is 79.9 cm³/mol. The maximum atomic E-state index is 11.7. The van der Waals surface area contributed by atoms with Crippen LogP contribution < -0.4 is 5.32 Å². The van der Waals surface area contributed by atoms with Gasteiger partial charge in [-0.3, -0.25) is 0 Å². The van der Waals surface area contributed by atoms with Crippen LogP contribution in [-0.2, 0) is 10.3 Å². The number of alkyl carbamates (subject to hydrolysis) is 1. The summed E-state index contributed by atoms with van der Waals surface area (Å²) in [6.07, 6.45) is -0.480. The van der Waals surface area contributed by atoms with E-state index in [4.69, 9.17) is 16.3 Å². The second kappa shape index (κ2) is 5.97. The summed E-state index contributed by atoms with van der Waals surface area (Å²) in [6.45, 7) is 1.86. The molecule has 0 radical (unpaired) electrons. The summed E-state index contributed by atoms with van der Waals surface area (Å²) < 4.78 is 5.61. The Morgan fingerprint density at radius 1 is 1.05 bits per heavy atom. The van der Waals surface area contributed by atoms with E-state index in [-0.39, 0.29) is 0 Å². The van der Waals surface area contributed by atoms with Crippen molar-refractivity contribution in [1.29, 1.82) is 0 Å². The van der Waals surface area contributed by atoms with E-state index in [9.17, 15) is 4.79 Å². The molecule has 0 heterocycles. The molecule has 0 saturated carbocycles. The van der Waals surface area contributed by atoms with Gasteiger partial charge in [0.25, 0.3) is 0 Å². The van der Waals surface area contributed by atoms with Crippen molar-refractivity contribution in [3.63, 3.8) is 0 Å². The number of amides is 1. The molecule has 0 aliphatic rings. The Kier molecular flexibility index (Phi) is 4.30. The van der Waals surface area contributed by atoms with Crippen LogP contribution >= 0.6 is 11.6 Å². The van der Waals surface area contributed by atoms with Crippen molar-refractivity contribution in [2.75, 3.05) is 7.05 Å². The van der Waals surface area contributed by atoms with Crippen LogP contribution in [-0.4, -0.2) is 13.1 Å². The third kappa shape index (κ3) is 2.94. The Labute approximate surface area is 123 Å². The van der Waals surface area contributed by atoms with Gasteiger partial charge in [0, 0.05) is 12.1 Å². The predicted octanol–water partition coefficient (Wildman–Crippen LogP) is 3.96. The zero-order chi connectivity index (χ0) is 14.6. The molecule has 0 aliphatic carbocycles. The summed E-state index contributed by atoms with van der Waals surface area (Å²) in [6, 6.07) is 16.9. The number of rotatable bonds is 3. The maximum absolute atomic E-state index is 11.7. The first kappa shape index (κ1) is 14.4. The van der Waals surface area contributed by atoms with Gasteiger partial charge in [0.1, 0.15) is 0 Å². The lowest BCUT2D eigenvalue weighted by Gasteiger charge is -2.30. The summed E-state index contributed by atoms with van der Waals surface area (Å²) in [4.78, 5) is 11.7. The smallest absolute Gasteiger partial charge is 0.408 e. The lowest BCUT2D eigenvalue weighted by Crippen LogP contribution is -2.34. The second-order valence-electron chi connectivity index (χ2n) is 4.55. The van der Waals surface area contributed by atoms with E-state index in [1.807, 2.05) is 49.4 Å². The van der Waals surface area contributed by atoms with Crippen molar-refractivity contribution < 1.29 is 9.53 Å². The van der Waals surface area contributed by atoms with E-state index in [0.717, 1.165) is 11.1 Å². The number of carbonyl (C=O) groups excluding carboxylic acids is 1. The number of benzene rings is 2. The van der Waals surface area contributed by atoms with Crippen LogP contribution in [0.3, 0.4) is 0 Å². The Hall–Kier alpha value is -2.00. The van der Waals surface area contributed by atoms with Gasteiger partial charge in [-0.15, -0.1) is 0 Å². The minimum absolute atomic E-state index is 0.480. The van der Waals surface area contributed by atoms with E-state index in [1.165, 1.54) is 7.05 Å². The Balaban J connectivity index is 2.48. The topological polar surface area (TPSA) is 38.3 Å². The quantitative estimate of drug-likeness (QED) is 0.929. The van der Waals surface area contributed by atoms with Gasteiger partial charge < -0.3 is 10.1 Å². The van der Waals surface area contributed by atoms with Crippen molar-refractivity contribution in [2.45, 2.75) is 12.5 Å². The lowest BCUT2D eigenvalue weighted by molar-refractivity contribution is 0.0537. The van der Waals surface area contributed by atoms with Gasteiger partial charge in [-0.1, -0.05) is 54.1 Å². The Bertz CT molecular complexity index is 583. The first-order valence-electron chi connectivity index (χ1n) is 6.28. The van der Waals surface area contributed by atoms with Gasteiger partial charge in [-0.05, 0) is 30.2 Å². The first-order chi connectivity index (χ1) is 9.56. The molecule has 1 unspecified atom stereocenters. The summed E-state index contributed by atoms with van der Waals surface area (Å²) in [5.74, 6) is 0. The fraction of sp³-hybridized carbons (Fsp3) is 0.188. The molecule has 3 nitrogen and oxygen atoms in total. The van der Waals surface area contributed by atoms with E-state index >= 15 is 0 Å². The van der Waals surface area contributed by atoms with Crippen LogP contribution in [0, 0.1) is 0 Å². The van der Waals surface area contributed by atoms with Gasteiger partial charge >= 0.3 is 6.09 Å². The highest BCUT2D eigenvalue weighted by Crippen LogP contribution is 2.33. The van der Waals surface area contributed by atoms with Crippen LogP contribution in [0.1, 0.15) is 18.1 Å². The molecule has 0 aromatic heterocycles. The van der Waals surface area contributed by atoms with Crippen LogP contribution in [0.2, 0.25) is 5.02 Å². The SMILES string of the molecule is CNC(=O)OC(C)(c1ccccc1)c1ccc(Cl)cc1. The molecular weight excluding hydrogens is 274 g/mol. The van der Waals surface area contributed by atoms with Crippen LogP contribution in [0.15, 0.2) is 54.6 Å². The minimum atomic E-state index is -0.869. The largest absolute Gasteiger partial charge is 0.433 e. The molecule has 1 amide bonds. The fourth-order valence-electron chi connectivity index (χ4n) is 2.05. The molecular formula is C16H16ClNO2. The molecule has 0 aliphatic heterocycles. The number of ether oxygens (including phenoxy) is 1. The molecule has 0 saturated heterocycles. The van der Waals surface area contributed by atoms with Gasteiger partial charge in [-0.2, -0.15) is 0 Å². The molecule has 20 heavy (non-hydrogen) atoms. The highest BCUT2D eigenvalue weighted by Gasteiger charge is 2.33. The molecule has 104 valence electrons. The summed E-state index contributed by atoms with van der Waals surface area (Å²) in [5.41, 5.74) is 0.883. The van der Waals surface area contributed by atoms with Crippen molar-refractivity contribution in [3.8, 4) is 0 Å². The monoisotopic (exact) mass is 289 g/mol. The van der Waals surface area contributed by atoms with E-state index in [2.05, 4.69) is 5.32 Å².